The molecule has 1 heterocycles. The van der Waals surface area contributed by atoms with Gasteiger partial charge in [-0.05, 0) is 55.7 Å². The van der Waals surface area contributed by atoms with Crippen LogP contribution in [-0.4, -0.2) is 11.4 Å². The fourth-order valence-corrected chi connectivity index (χ4v) is 4.53. The maximum Gasteiger partial charge on any atom is 0.170 e. The van der Waals surface area contributed by atoms with Crippen LogP contribution in [0.5, 0.6) is 5.75 Å². The van der Waals surface area contributed by atoms with Gasteiger partial charge in [0, 0.05) is 4.47 Å². The normalized spacial score (nSPS) is 36.8. The number of fused-ring (bicyclic) bond motifs is 4. The van der Waals surface area contributed by atoms with Crippen molar-refractivity contribution in [3.8, 4) is 5.75 Å². The van der Waals surface area contributed by atoms with E-state index in [9.17, 15) is 4.79 Å². The number of ether oxygens (including phenoxy) is 1. The average Bonchev–Trinajstić information content (AvgIpc) is 2.91. The molecule has 94 valence electrons. The zero-order valence-corrected chi connectivity index (χ0v) is 11.7. The fraction of sp³-hybridized carbons (Fsp3) is 0.533. The molecule has 0 radical (unpaired) electrons. The lowest BCUT2D eigenvalue weighted by Crippen LogP contribution is -2.46. The van der Waals surface area contributed by atoms with Crippen LogP contribution >= 0.6 is 15.9 Å². The summed E-state index contributed by atoms with van der Waals surface area (Å²) in [6, 6.07) is 5.78. The van der Waals surface area contributed by atoms with Gasteiger partial charge < -0.3 is 4.74 Å². The zero-order chi connectivity index (χ0) is 12.3. The van der Waals surface area contributed by atoms with Crippen molar-refractivity contribution in [3.63, 3.8) is 0 Å². The monoisotopic (exact) mass is 306 g/mol. The molecule has 4 rings (SSSR count). The van der Waals surface area contributed by atoms with Crippen molar-refractivity contribution in [3.05, 3.63) is 28.2 Å². The van der Waals surface area contributed by atoms with Crippen LogP contribution in [0, 0.1) is 11.8 Å². The maximum atomic E-state index is 12.4. The molecule has 3 aliphatic rings. The second-order valence-corrected chi connectivity index (χ2v) is 6.90. The van der Waals surface area contributed by atoms with E-state index in [4.69, 9.17) is 4.74 Å². The van der Waals surface area contributed by atoms with Crippen LogP contribution in [0.25, 0.3) is 0 Å². The second-order valence-electron chi connectivity index (χ2n) is 5.99. The van der Waals surface area contributed by atoms with Gasteiger partial charge in [-0.2, -0.15) is 0 Å². The first-order valence-electron chi connectivity index (χ1n) is 6.68. The molecule has 2 aliphatic carbocycles. The molecule has 3 unspecified atom stereocenters. The highest BCUT2D eigenvalue weighted by Gasteiger charge is 2.55. The van der Waals surface area contributed by atoms with Gasteiger partial charge in [0.2, 0.25) is 0 Å². The lowest BCUT2D eigenvalue weighted by molar-refractivity contribution is -0.000507. The minimum atomic E-state index is -0.166. The van der Waals surface area contributed by atoms with Crippen molar-refractivity contribution in [2.75, 3.05) is 0 Å². The second kappa shape index (κ2) is 3.60. The van der Waals surface area contributed by atoms with Crippen LogP contribution in [0.4, 0.5) is 0 Å². The molecule has 1 aromatic rings. The predicted octanol–water partition coefficient (Wildman–Crippen LogP) is 3.97. The molecule has 0 amide bonds. The van der Waals surface area contributed by atoms with Gasteiger partial charge in [0.15, 0.2) is 5.78 Å². The van der Waals surface area contributed by atoms with Crippen molar-refractivity contribution in [2.24, 2.45) is 11.8 Å². The Morgan fingerprint density at radius 3 is 2.94 bits per heavy atom. The van der Waals surface area contributed by atoms with E-state index in [0.29, 0.717) is 12.3 Å². The summed E-state index contributed by atoms with van der Waals surface area (Å²) in [5, 5.41) is 0. The number of Topliss-reactive ketones (excluding diaryl/α,β-unsaturated/α-hetero) is 1. The van der Waals surface area contributed by atoms with E-state index in [1.807, 2.05) is 18.2 Å². The average molecular weight is 307 g/mol. The van der Waals surface area contributed by atoms with Crippen LogP contribution in [0.1, 0.15) is 42.5 Å². The minimum Gasteiger partial charge on any atom is -0.486 e. The Balaban J connectivity index is 1.76. The number of hydrogen-bond acceptors (Lipinski definition) is 2. The highest BCUT2D eigenvalue weighted by Crippen LogP contribution is 2.56. The van der Waals surface area contributed by atoms with E-state index in [2.05, 4.69) is 15.9 Å². The van der Waals surface area contributed by atoms with Gasteiger partial charge in [-0.1, -0.05) is 15.9 Å². The van der Waals surface area contributed by atoms with Crippen molar-refractivity contribution in [1.82, 2.24) is 0 Å². The van der Waals surface area contributed by atoms with Gasteiger partial charge in [-0.15, -0.1) is 0 Å². The molecule has 1 spiro atoms. The summed E-state index contributed by atoms with van der Waals surface area (Å²) in [6.07, 6.45) is 5.50. The number of carbonyl (C=O) groups excluding carboxylic acids is 1. The third kappa shape index (κ3) is 1.43. The Morgan fingerprint density at radius 2 is 2.22 bits per heavy atom. The predicted molar refractivity (Wildman–Crippen MR) is 71.9 cm³/mol. The molecule has 2 saturated carbocycles. The summed E-state index contributed by atoms with van der Waals surface area (Å²) in [5.41, 5.74) is 0.582. The molecule has 18 heavy (non-hydrogen) atoms. The van der Waals surface area contributed by atoms with E-state index < -0.39 is 0 Å². The molecule has 0 saturated heterocycles. The van der Waals surface area contributed by atoms with E-state index in [-0.39, 0.29) is 11.4 Å². The van der Waals surface area contributed by atoms with Crippen LogP contribution in [0.15, 0.2) is 22.7 Å². The number of rotatable bonds is 0. The number of hydrogen-bond donors (Lipinski definition) is 0. The topological polar surface area (TPSA) is 26.3 Å². The van der Waals surface area contributed by atoms with Crippen molar-refractivity contribution < 1.29 is 9.53 Å². The smallest absolute Gasteiger partial charge is 0.170 e. The Bertz CT molecular complexity index is 539. The molecule has 3 atom stereocenters. The zero-order valence-electron chi connectivity index (χ0n) is 10.1. The van der Waals surface area contributed by atoms with Gasteiger partial charge in [0.05, 0.1) is 12.0 Å². The van der Waals surface area contributed by atoms with Crippen molar-refractivity contribution in [1.29, 1.82) is 0 Å². The molecule has 0 aromatic heterocycles. The molecule has 1 aliphatic heterocycles. The SMILES string of the molecule is O=C1CC2(CC3CCC2C3)Oc2ccc(Br)cc21. The van der Waals surface area contributed by atoms with Crippen LogP contribution < -0.4 is 4.74 Å². The lowest BCUT2D eigenvalue weighted by atomic mass is 9.78. The largest absolute Gasteiger partial charge is 0.486 e. The third-order valence-electron chi connectivity index (χ3n) is 4.93. The molecule has 1 aromatic carbocycles. The lowest BCUT2D eigenvalue weighted by Gasteiger charge is -2.41. The van der Waals surface area contributed by atoms with Crippen molar-refractivity contribution in [2.45, 2.75) is 37.7 Å². The van der Waals surface area contributed by atoms with Gasteiger partial charge in [0.1, 0.15) is 11.4 Å². The molecule has 2 nitrogen and oxygen atoms in total. The summed E-state index contributed by atoms with van der Waals surface area (Å²) < 4.78 is 7.24. The minimum absolute atomic E-state index is 0.166. The Hall–Kier alpha value is -0.830. The van der Waals surface area contributed by atoms with Crippen LogP contribution in [-0.2, 0) is 0 Å². The summed E-state index contributed by atoms with van der Waals surface area (Å²) in [7, 11) is 0. The van der Waals surface area contributed by atoms with E-state index in [0.717, 1.165) is 28.1 Å². The van der Waals surface area contributed by atoms with E-state index in [1.165, 1.54) is 19.3 Å². The number of carbonyl (C=O) groups is 1. The van der Waals surface area contributed by atoms with Gasteiger partial charge in [-0.25, -0.2) is 0 Å². The molecule has 2 fully saturated rings. The molecule has 0 N–H and O–H groups in total. The first-order chi connectivity index (χ1) is 8.66. The van der Waals surface area contributed by atoms with Gasteiger partial charge >= 0.3 is 0 Å². The van der Waals surface area contributed by atoms with Gasteiger partial charge in [0.25, 0.3) is 0 Å². The summed E-state index contributed by atoms with van der Waals surface area (Å²) in [4.78, 5) is 12.4. The third-order valence-corrected chi connectivity index (χ3v) is 5.43. The first kappa shape index (κ1) is 11.0. The standard InChI is InChI=1S/C15H15BrO2/c16-11-3-4-14-12(6-11)13(17)8-15(18-14)7-9-1-2-10(15)5-9/h3-4,6,9-10H,1-2,5,7-8H2. The van der Waals surface area contributed by atoms with Crippen molar-refractivity contribution >= 4 is 21.7 Å². The Morgan fingerprint density at radius 1 is 1.33 bits per heavy atom. The highest BCUT2D eigenvalue weighted by molar-refractivity contribution is 9.10. The summed E-state index contributed by atoms with van der Waals surface area (Å²) in [5.74, 6) is 2.44. The molecular formula is C15H15BrO2. The maximum absolute atomic E-state index is 12.4. The van der Waals surface area contributed by atoms with Gasteiger partial charge in [-0.3, -0.25) is 4.79 Å². The fourth-order valence-electron chi connectivity index (χ4n) is 4.17. The number of benzene rings is 1. The summed E-state index contributed by atoms with van der Waals surface area (Å²) in [6.45, 7) is 0. The molecule has 2 bridgehead atoms. The quantitative estimate of drug-likeness (QED) is 0.725. The van der Waals surface area contributed by atoms with Crippen LogP contribution in [0.3, 0.4) is 0 Å². The summed E-state index contributed by atoms with van der Waals surface area (Å²) >= 11 is 3.42. The highest BCUT2D eigenvalue weighted by atomic mass is 79.9. The number of ketones is 1. The van der Waals surface area contributed by atoms with E-state index in [1.54, 1.807) is 0 Å². The van der Waals surface area contributed by atoms with E-state index >= 15 is 0 Å². The van der Waals surface area contributed by atoms with Crippen LogP contribution in [0.2, 0.25) is 0 Å². The molecule has 3 heteroatoms. The first-order valence-corrected chi connectivity index (χ1v) is 7.47. The molecular weight excluding hydrogens is 292 g/mol. The Kier molecular flexibility index (Phi) is 2.20. The number of halogens is 1. The Labute approximate surface area is 115 Å².